The van der Waals surface area contributed by atoms with E-state index in [-0.39, 0.29) is 17.4 Å². The van der Waals surface area contributed by atoms with Crippen LogP contribution in [0.25, 0.3) is 10.9 Å². The van der Waals surface area contributed by atoms with E-state index in [4.69, 9.17) is 14.2 Å². The van der Waals surface area contributed by atoms with Crippen molar-refractivity contribution in [3.63, 3.8) is 0 Å². The predicted molar refractivity (Wildman–Crippen MR) is 117 cm³/mol. The number of hydrogen-bond acceptors (Lipinski definition) is 6. The second-order valence-electron chi connectivity index (χ2n) is 9.65. The highest BCUT2D eigenvalue weighted by atomic mass is 19.4. The lowest BCUT2D eigenvalue weighted by Gasteiger charge is -2.32. The van der Waals surface area contributed by atoms with Gasteiger partial charge in [-0.2, -0.15) is 18.1 Å². The smallest absolute Gasteiger partial charge is 0.420 e. The van der Waals surface area contributed by atoms with E-state index in [1.165, 1.54) is 12.3 Å². The van der Waals surface area contributed by atoms with Crippen molar-refractivity contribution in [2.45, 2.75) is 71.4 Å². The molecule has 0 unspecified atom stereocenters. The minimum absolute atomic E-state index is 0.178. The first-order valence-electron chi connectivity index (χ1n) is 10.4. The minimum Gasteiger partial charge on any atom is -0.467 e. The summed E-state index contributed by atoms with van der Waals surface area (Å²) in [6.45, 7) is 9.44. The van der Waals surface area contributed by atoms with E-state index in [2.05, 4.69) is 4.98 Å². The summed E-state index contributed by atoms with van der Waals surface area (Å²) in [4.78, 5) is 42.0. The van der Waals surface area contributed by atoms with Gasteiger partial charge in [0.1, 0.15) is 17.2 Å². The molecule has 2 aromatic rings. The lowest BCUT2D eigenvalue weighted by Crippen LogP contribution is -2.53. The van der Waals surface area contributed by atoms with Gasteiger partial charge in [-0.1, -0.05) is 0 Å². The van der Waals surface area contributed by atoms with Gasteiger partial charge in [0.15, 0.2) is 0 Å². The number of imide groups is 1. The Kier molecular flexibility index (Phi) is 7.59. The molecule has 188 valence electrons. The van der Waals surface area contributed by atoms with Crippen LogP contribution in [0.2, 0.25) is 0 Å². The summed E-state index contributed by atoms with van der Waals surface area (Å²) in [6, 6.07) is 1.55. The first-order chi connectivity index (χ1) is 15.4. The molecular weight excluding hydrogens is 457 g/mol. The molecule has 11 heteroatoms. The van der Waals surface area contributed by atoms with E-state index in [1.807, 2.05) is 0 Å². The molecule has 1 aromatic heterocycles. The molecule has 0 saturated carbocycles. The number of ether oxygens (including phenoxy) is 3. The average molecular weight is 486 g/mol. The van der Waals surface area contributed by atoms with Crippen LogP contribution in [0.3, 0.4) is 0 Å². The third-order valence-electron chi connectivity index (χ3n) is 4.47. The first-order valence-corrected chi connectivity index (χ1v) is 10.4. The molecule has 0 aliphatic rings. The molecular formula is C23H29F3N2O6. The molecule has 0 bridgehead atoms. The molecule has 1 heterocycles. The van der Waals surface area contributed by atoms with Gasteiger partial charge in [-0.05, 0) is 65.3 Å². The highest BCUT2D eigenvalue weighted by Crippen LogP contribution is 2.33. The van der Waals surface area contributed by atoms with E-state index in [0.29, 0.717) is 10.4 Å². The van der Waals surface area contributed by atoms with Gasteiger partial charge in [0.25, 0.3) is 0 Å². The molecule has 1 N–H and O–H groups in total. The quantitative estimate of drug-likeness (QED) is 0.456. The lowest BCUT2D eigenvalue weighted by molar-refractivity contribution is -0.146. The van der Waals surface area contributed by atoms with E-state index in [9.17, 15) is 27.6 Å². The summed E-state index contributed by atoms with van der Waals surface area (Å²) >= 11 is 0. The molecule has 1 atom stereocenters. The number of carbonyl (C=O) groups excluding carboxylic acids is 3. The Morgan fingerprint density at radius 2 is 1.50 bits per heavy atom. The van der Waals surface area contributed by atoms with Gasteiger partial charge < -0.3 is 19.2 Å². The van der Waals surface area contributed by atoms with Gasteiger partial charge in [-0.25, -0.2) is 14.4 Å². The number of hydrogen-bond donors (Lipinski definition) is 1. The van der Waals surface area contributed by atoms with Crippen molar-refractivity contribution < 1.29 is 41.8 Å². The maximum Gasteiger partial charge on any atom is 0.420 e. The zero-order valence-corrected chi connectivity index (χ0v) is 20.1. The lowest BCUT2D eigenvalue weighted by atomic mass is 10.0. The standard InChI is InChI=1S/C23H29F3N2O6/c1-21(2,3)33-19(30)28(20(31)34-22(4,5)6)17(18(29)32-7)10-13-12-27-16-9-8-14(11-15(13)16)23(24,25)26/h8-9,11-12,17,27H,10H2,1-7H3/t17-/m0/s1. The number of rotatable bonds is 4. The number of methoxy groups -OCH3 is 1. The second-order valence-corrected chi connectivity index (χ2v) is 9.65. The van der Waals surface area contributed by atoms with Gasteiger partial charge in [0, 0.05) is 23.5 Å². The molecule has 1 aromatic carbocycles. The van der Waals surface area contributed by atoms with Gasteiger partial charge in [0.2, 0.25) is 0 Å². The Labute approximate surface area is 195 Å². The van der Waals surface area contributed by atoms with Gasteiger partial charge in [-0.3, -0.25) is 0 Å². The zero-order chi connectivity index (χ0) is 26.1. The molecule has 0 spiro atoms. The topological polar surface area (TPSA) is 97.9 Å². The van der Waals surface area contributed by atoms with Gasteiger partial charge in [0.05, 0.1) is 12.7 Å². The number of amides is 2. The van der Waals surface area contributed by atoms with E-state index >= 15 is 0 Å². The fourth-order valence-corrected chi connectivity index (χ4v) is 3.10. The summed E-state index contributed by atoms with van der Waals surface area (Å²) in [7, 11) is 1.06. The largest absolute Gasteiger partial charge is 0.467 e. The van der Waals surface area contributed by atoms with Crippen LogP contribution < -0.4 is 0 Å². The van der Waals surface area contributed by atoms with Crippen LogP contribution in [0.15, 0.2) is 24.4 Å². The fourth-order valence-electron chi connectivity index (χ4n) is 3.10. The number of alkyl halides is 3. The number of aromatic amines is 1. The predicted octanol–water partition coefficient (Wildman–Crippen LogP) is 5.44. The number of halogens is 3. The number of aromatic nitrogens is 1. The van der Waals surface area contributed by atoms with E-state index in [0.717, 1.165) is 19.2 Å². The Hall–Kier alpha value is -3.24. The van der Waals surface area contributed by atoms with Crippen LogP contribution in [-0.2, 0) is 31.6 Å². The van der Waals surface area contributed by atoms with Crippen LogP contribution in [0, 0.1) is 0 Å². The van der Waals surface area contributed by atoms with Crippen LogP contribution >= 0.6 is 0 Å². The number of fused-ring (bicyclic) bond motifs is 1. The normalized spacial score (nSPS) is 13.4. The Balaban J connectivity index is 2.56. The molecule has 34 heavy (non-hydrogen) atoms. The first kappa shape index (κ1) is 27.0. The average Bonchev–Trinajstić information content (AvgIpc) is 3.05. The van der Waals surface area contributed by atoms with Crippen LogP contribution in [0.5, 0.6) is 0 Å². The molecule has 8 nitrogen and oxygen atoms in total. The summed E-state index contributed by atoms with van der Waals surface area (Å²) in [5, 5.41) is 0.178. The van der Waals surface area contributed by atoms with Gasteiger partial charge >= 0.3 is 24.3 Å². The van der Waals surface area contributed by atoms with Crippen molar-refractivity contribution >= 4 is 29.1 Å². The molecule has 2 rings (SSSR count). The van der Waals surface area contributed by atoms with Crippen molar-refractivity contribution in [1.29, 1.82) is 0 Å². The number of H-pyrrole nitrogens is 1. The summed E-state index contributed by atoms with van der Waals surface area (Å²) in [5.74, 6) is -0.974. The summed E-state index contributed by atoms with van der Waals surface area (Å²) in [5.41, 5.74) is -2.27. The van der Waals surface area contributed by atoms with Gasteiger partial charge in [-0.15, -0.1) is 0 Å². The second kappa shape index (κ2) is 9.55. The maximum absolute atomic E-state index is 13.2. The molecule has 0 saturated heterocycles. The monoisotopic (exact) mass is 486 g/mol. The third kappa shape index (κ3) is 6.88. The molecule has 2 amide bonds. The van der Waals surface area contributed by atoms with Crippen molar-refractivity contribution in [3.05, 3.63) is 35.5 Å². The Bertz CT molecular complexity index is 1040. The third-order valence-corrected chi connectivity index (χ3v) is 4.47. The van der Waals surface area contributed by atoms with Crippen molar-refractivity contribution in [2.24, 2.45) is 0 Å². The van der Waals surface area contributed by atoms with Crippen molar-refractivity contribution in [3.8, 4) is 0 Å². The molecule has 0 fully saturated rings. The number of nitrogens with one attached hydrogen (secondary N) is 1. The SMILES string of the molecule is COC(=O)[C@H](Cc1c[nH]c2ccc(C(F)(F)F)cc12)N(C(=O)OC(C)(C)C)C(=O)OC(C)(C)C. The maximum atomic E-state index is 13.2. The fraction of sp³-hybridized carbons (Fsp3) is 0.522. The van der Waals surface area contributed by atoms with Crippen molar-refractivity contribution in [2.75, 3.05) is 7.11 Å². The van der Waals surface area contributed by atoms with E-state index in [1.54, 1.807) is 41.5 Å². The Morgan fingerprint density at radius 3 is 1.94 bits per heavy atom. The van der Waals surface area contributed by atoms with Crippen LogP contribution in [0.1, 0.15) is 52.7 Å². The summed E-state index contributed by atoms with van der Waals surface area (Å²) in [6.07, 6.45) is -5.83. The van der Waals surface area contributed by atoms with Crippen LogP contribution in [0.4, 0.5) is 22.8 Å². The number of benzene rings is 1. The number of carbonyl (C=O) groups is 3. The van der Waals surface area contributed by atoms with Crippen molar-refractivity contribution in [1.82, 2.24) is 9.88 Å². The minimum atomic E-state index is -4.58. The van der Waals surface area contributed by atoms with Crippen LogP contribution in [-0.4, -0.2) is 52.4 Å². The molecule has 0 aliphatic heterocycles. The Morgan fingerprint density at radius 1 is 0.971 bits per heavy atom. The van der Waals surface area contributed by atoms with E-state index < -0.39 is 47.1 Å². The summed E-state index contributed by atoms with van der Waals surface area (Å²) < 4.78 is 55.1. The molecule has 0 radical (unpaired) electrons. The molecule has 0 aliphatic carbocycles. The number of nitrogens with zero attached hydrogens (tertiary/aromatic N) is 1. The highest BCUT2D eigenvalue weighted by molar-refractivity contribution is 5.95. The zero-order valence-electron chi connectivity index (χ0n) is 20.1. The number of esters is 1. The highest BCUT2D eigenvalue weighted by Gasteiger charge is 2.41.